The lowest BCUT2D eigenvalue weighted by molar-refractivity contribution is -0.134. The van der Waals surface area contributed by atoms with E-state index in [4.69, 9.17) is 5.11 Å². The van der Waals surface area contributed by atoms with E-state index in [0.717, 1.165) is 19.3 Å². The van der Waals surface area contributed by atoms with Crippen molar-refractivity contribution >= 4 is 16.3 Å². The summed E-state index contributed by atoms with van der Waals surface area (Å²) in [5.41, 5.74) is 0. The predicted molar refractivity (Wildman–Crippen MR) is 81.7 cm³/mol. The van der Waals surface area contributed by atoms with Gasteiger partial charge in [0, 0.05) is 6.42 Å². The molecule has 0 saturated heterocycles. The molecule has 0 fully saturated rings. The summed E-state index contributed by atoms with van der Waals surface area (Å²) in [4.78, 5) is 11.3. The molecule has 0 aromatic heterocycles. The van der Waals surface area contributed by atoms with Gasteiger partial charge in [0.1, 0.15) is 6.23 Å². The van der Waals surface area contributed by atoms with E-state index in [9.17, 15) is 13.2 Å². The van der Waals surface area contributed by atoms with Crippen LogP contribution in [0.1, 0.15) is 78.1 Å². The van der Waals surface area contributed by atoms with Gasteiger partial charge < -0.3 is 9.29 Å². The molecule has 0 saturated carbocycles. The molecule has 0 spiro atoms. The summed E-state index contributed by atoms with van der Waals surface area (Å²) in [5.74, 6) is -0.786. The van der Waals surface area contributed by atoms with Gasteiger partial charge in [-0.2, -0.15) is 13.1 Å². The molecule has 0 aliphatic heterocycles. The minimum Gasteiger partial charge on any atom is -0.378 e. The van der Waals surface area contributed by atoms with Crippen LogP contribution in [-0.4, -0.2) is 25.7 Å². The fourth-order valence-electron chi connectivity index (χ4n) is 1.98. The van der Waals surface area contributed by atoms with Crippen LogP contribution in [0.4, 0.5) is 0 Å². The molecule has 2 N–H and O–H groups in total. The summed E-state index contributed by atoms with van der Waals surface area (Å²) in [6.07, 6.45) is 8.83. The molecule has 0 aliphatic carbocycles. The Morgan fingerprint density at radius 2 is 1.52 bits per heavy atom. The van der Waals surface area contributed by atoms with Gasteiger partial charge in [-0.3, -0.25) is 4.79 Å². The first kappa shape index (κ1) is 20.3. The number of hydrogen-bond acceptors (Lipinski definition) is 5. The molecule has 1 atom stereocenters. The second-order valence-electron chi connectivity index (χ2n) is 5.28. The number of carbonyl (C=O) groups is 1. The Morgan fingerprint density at radius 1 is 1.05 bits per heavy atom. The van der Waals surface area contributed by atoms with Gasteiger partial charge in [0.15, 0.2) is 0 Å². The molecule has 6 nitrogen and oxygen atoms in total. The van der Waals surface area contributed by atoms with Crippen molar-refractivity contribution in [3.8, 4) is 0 Å². The second kappa shape index (κ2) is 11.9. The zero-order chi connectivity index (χ0) is 16.1. The van der Waals surface area contributed by atoms with Crippen molar-refractivity contribution < 1.29 is 22.5 Å². The van der Waals surface area contributed by atoms with Crippen molar-refractivity contribution in [3.63, 3.8) is 0 Å². The normalized spacial score (nSPS) is 13.1. The van der Waals surface area contributed by atoms with E-state index in [0.29, 0.717) is 6.42 Å². The molecule has 126 valence electrons. The second-order valence-corrected chi connectivity index (χ2v) is 6.59. The van der Waals surface area contributed by atoms with Crippen LogP contribution < -0.4 is 4.72 Å². The summed E-state index contributed by atoms with van der Waals surface area (Å²) in [6, 6.07) is 0. The SMILES string of the molecule is CCCCCCCCCCCC(=O)OS(=O)(=O)NC(C)O. The summed E-state index contributed by atoms with van der Waals surface area (Å²) < 4.78 is 28.4. The molecule has 7 heteroatoms. The molecule has 0 radical (unpaired) electrons. The smallest absolute Gasteiger partial charge is 0.378 e. The number of carbonyl (C=O) groups excluding carboxylic acids is 1. The highest BCUT2D eigenvalue weighted by Crippen LogP contribution is 2.11. The lowest BCUT2D eigenvalue weighted by Gasteiger charge is -2.08. The fraction of sp³-hybridized carbons (Fsp3) is 0.929. The van der Waals surface area contributed by atoms with Gasteiger partial charge in [0.05, 0.1) is 0 Å². The van der Waals surface area contributed by atoms with E-state index in [-0.39, 0.29) is 6.42 Å². The van der Waals surface area contributed by atoms with E-state index in [2.05, 4.69) is 11.1 Å². The number of rotatable bonds is 13. The molecule has 1 unspecified atom stereocenters. The number of aliphatic hydroxyl groups excluding tert-OH is 1. The molecule has 21 heavy (non-hydrogen) atoms. The third kappa shape index (κ3) is 14.1. The highest BCUT2D eigenvalue weighted by Gasteiger charge is 2.18. The summed E-state index contributed by atoms with van der Waals surface area (Å²) >= 11 is 0. The van der Waals surface area contributed by atoms with Crippen LogP contribution in [0.2, 0.25) is 0 Å². The molecule has 0 rings (SSSR count). The largest absolute Gasteiger partial charge is 0.387 e. The van der Waals surface area contributed by atoms with Gasteiger partial charge in [-0.25, -0.2) is 0 Å². The first-order valence-electron chi connectivity index (χ1n) is 7.80. The van der Waals surface area contributed by atoms with Crippen molar-refractivity contribution in [1.82, 2.24) is 4.72 Å². The molecule has 0 heterocycles. The standard InChI is InChI=1S/C14H29NO5S/c1-3-4-5-6-7-8-9-10-11-12-14(17)20-21(18,19)15-13(2)16/h13,15-16H,3-12H2,1-2H3. The van der Waals surface area contributed by atoms with Crippen LogP contribution in [0, 0.1) is 0 Å². The third-order valence-electron chi connectivity index (χ3n) is 3.00. The molecule has 0 aromatic carbocycles. The molecule has 0 amide bonds. The monoisotopic (exact) mass is 323 g/mol. The minimum atomic E-state index is -4.19. The third-order valence-corrected chi connectivity index (χ3v) is 4.04. The Bertz CT molecular complexity index is 368. The van der Waals surface area contributed by atoms with Gasteiger partial charge in [0.25, 0.3) is 0 Å². The van der Waals surface area contributed by atoms with Gasteiger partial charge >= 0.3 is 16.3 Å². The van der Waals surface area contributed by atoms with E-state index in [1.54, 1.807) is 4.72 Å². The molecule has 0 aromatic rings. The topological polar surface area (TPSA) is 92.7 Å². The van der Waals surface area contributed by atoms with Crippen LogP contribution in [0.5, 0.6) is 0 Å². The quantitative estimate of drug-likeness (QED) is 0.401. The maximum Gasteiger partial charge on any atom is 0.387 e. The Balaban J connectivity index is 3.54. The van der Waals surface area contributed by atoms with Gasteiger partial charge in [0.2, 0.25) is 0 Å². The van der Waals surface area contributed by atoms with E-state index >= 15 is 0 Å². The first-order chi connectivity index (χ1) is 9.87. The lowest BCUT2D eigenvalue weighted by atomic mass is 10.1. The highest BCUT2D eigenvalue weighted by molar-refractivity contribution is 7.85. The van der Waals surface area contributed by atoms with E-state index < -0.39 is 22.5 Å². The average molecular weight is 323 g/mol. The Hall–Kier alpha value is -0.660. The summed E-state index contributed by atoms with van der Waals surface area (Å²) in [7, 11) is -4.19. The van der Waals surface area contributed by atoms with Crippen LogP contribution in [-0.2, 0) is 19.3 Å². The number of hydrogen-bond donors (Lipinski definition) is 2. The highest BCUT2D eigenvalue weighted by atomic mass is 32.2. The van der Waals surface area contributed by atoms with Crippen LogP contribution in [0.3, 0.4) is 0 Å². The number of aliphatic hydroxyl groups is 1. The van der Waals surface area contributed by atoms with Crippen LogP contribution in [0.25, 0.3) is 0 Å². The van der Waals surface area contributed by atoms with Crippen molar-refractivity contribution in [1.29, 1.82) is 0 Å². The van der Waals surface area contributed by atoms with Gasteiger partial charge in [-0.05, 0) is 13.3 Å². The zero-order valence-corrected chi connectivity index (χ0v) is 14.0. The Morgan fingerprint density at radius 3 is 2.00 bits per heavy atom. The summed E-state index contributed by atoms with van der Waals surface area (Å²) in [6.45, 7) is 3.42. The van der Waals surface area contributed by atoms with Gasteiger partial charge in [-0.1, -0.05) is 58.3 Å². The molecule has 0 aliphatic rings. The average Bonchev–Trinajstić information content (AvgIpc) is 2.34. The molecular formula is C14H29NO5S. The maximum absolute atomic E-state index is 11.3. The Labute approximate surface area is 128 Å². The first-order valence-corrected chi connectivity index (χ1v) is 9.21. The predicted octanol–water partition coefficient (Wildman–Crippen LogP) is 2.62. The fourth-order valence-corrected chi connectivity index (χ4v) is 2.77. The lowest BCUT2D eigenvalue weighted by Crippen LogP contribution is -2.34. The molecular weight excluding hydrogens is 294 g/mol. The zero-order valence-electron chi connectivity index (χ0n) is 13.1. The molecule has 0 bridgehead atoms. The summed E-state index contributed by atoms with van der Waals surface area (Å²) in [5, 5.41) is 8.87. The number of unbranched alkanes of at least 4 members (excludes halogenated alkanes) is 8. The van der Waals surface area contributed by atoms with Crippen molar-refractivity contribution in [2.75, 3.05) is 0 Å². The van der Waals surface area contributed by atoms with Crippen molar-refractivity contribution in [3.05, 3.63) is 0 Å². The number of nitrogens with one attached hydrogen (secondary N) is 1. The Kier molecular flexibility index (Phi) is 11.6. The van der Waals surface area contributed by atoms with Gasteiger partial charge in [-0.15, -0.1) is 0 Å². The minimum absolute atomic E-state index is 0.0799. The van der Waals surface area contributed by atoms with Crippen LogP contribution >= 0.6 is 0 Å². The van der Waals surface area contributed by atoms with Crippen molar-refractivity contribution in [2.45, 2.75) is 84.3 Å². The van der Waals surface area contributed by atoms with Crippen molar-refractivity contribution in [2.24, 2.45) is 0 Å². The van der Waals surface area contributed by atoms with Crippen LogP contribution in [0.15, 0.2) is 0 Å². The van der Waals surface area contributed by atoms with E-state index in [1.165, 1.54) is 39.0 Å². The van der Waals surface area contributed by atoms with E-state index in [1.807, 2.05) is 0 Å². The maximum atomic E-state index is 11.3.